The van der Waals surface area contributed by atoms with Crippen LogP contribution in [-0.2, 0) is 11.4 Å². The van der Waals surface area contributed by atoms with Crippen molar-refractivity contribution in [3.63, 3.8) is 0 Å². The maximum absolute atomic E-state index is 12.2. The number of ether oxygens (including phenoxy) is 1. The Labute approximate surface area is 178 Å². The number of aromatic nitrogens is 3. The average Bonchev–Trinajstić information content (AvgIpc) is 3.01. The van der Waals surface area contributed by atoms with E-state index in [1.807, 2.05) is 45.0 Å². The zero-order chi connectivity index (χ0) is 21.0. The summed E-state index contributed by atoms with van der Waals surface area (Å²) >= 11 is 7.33. The SMILES string of the molecule is Cc1ccc(OCc2nnc(SCC(=O)Nc3ccc(C)cc3Cl)n2N)c(C)c1. The van der Waals surface area contributed by atoms with Crippen LogP contribution < -0.4 is 15.9 Å². The number of nitrogens with one attached hydrogen (secondary N) is 1. The molecule has 9 heteroatoms. The van der Waals surface area contributed by atoms with Gasteiger partial charge in [-0.15, -0.1) is 10.2 Å². The summed E-state index contributed by atoms with van der Waals surface area (Å²) in [5, 5.41) is 11.8. The highest BCUT2D eigenvalue weighted by Crippen LogP contribution is 2.24. The molecule has 0 aliphatic heterocycles. The van der Waals surface area contributed by atoms with Gasteiger partial charge in [-0.25, -0.2) is 4.68 Å². The summed E-state index contributed by atoms with van der Waals surface area (Å²) in [6.07, 6.45) is 0. The van der Waals surface area contributed by atoms with Crippen LogP contribution in [0.15, 0.2) is 41.6 Å². The number of hydrogen-bond acceptors (Lipinski definition) is 6. The molecule has 0 unspecified atom stereocenters. The molecule has 0 fully saturated rings. The molecule has 3 aromatic rings. The predicted molar refractivity (Wildman–Crippen MR) is 116 cm³/mol. The molecule has 152 valence electrons. The van der Waals surface area contributed by atoms with Crippen molar-refractivity contribution in [2.75, 3.05) is 16.9 Å². The Morgan fingerprint density at radius 3 is 2.62 bits per heavy atom. The molecule has 3 rings (SSSR count). The van der Waals surface area contributed by atoms with Crippen LogP contribution in [0.25, 0.3) is 0 Å². The number of thioether (sulfide) groups is 1. The Morgan fingerprint density at radius 1 is 1.17 bits per heavy atom. The number of hydrogen-bond donors (Lipinski definition) is 2. The second-order valence-electron chi connectivity index (χ2n) is 6.65. The van der Waals surface area contributed by atoms with Crippen molar-refractivity contribution >= 4 is 35.0 Å². The Kier molecular flexibility index (Phi) is 6.66. The molecule has 0 radical (unpaired) electrons. The molecule has 1 amide bonds. The standard InChI is InChI=1S/C20H22ClN5O2S/c1-12-5-7-17(14(3)8-12)28-10-18-24-25-20(26(18)22)29-11-19(27)23-16-6-4-13(2)9-15(16)21/h4-9H,10-11,22H2,1-3H3,(H,23,27). The Hall–Kier alpha value is -2.71. The number of nitrogens with two attached hydrogens (primary N) is 1. The first kappa shape index (κ1) is 21.0. The summed E-state index contributed by atoms with van der Waals surface area (Å²) in [6.45, 7) is 6.12. The van der Waals surface area contributed by atoms with Crippen LogP contribution in [0.4, 0.5) is 5.69 Å². The number of amides is 1. The largest absolute Gasteiger partial charge is 0.485 e. The monoisotopic (exact) mass is 431 g/mol. The number of halogens is 1. The number of nitrogens with zero attached hydrogens (tertiary/aromatic N) is 3. The second-order valence-corrected chi connectivity index (χ2v) is 8.00. The van der Waals surface area contributed by atoms with Crippen molar-refractivity contribution in [3.05, 3.63) is 63.9 Å². The summed E-state index contributed by atoms with van der Waals surface area (Å²) in [7, 11) is 0. The normalized spacial score (nSPS) is 10.8. The van der Waals surface area contributed by atoms with E-state index in [0.29, 0.717) is 21.7 Å². The maximum Gasteiger partial charge on any atom is 0.234 e. The van der Waals surface area contributed by atoms with Crippen molar-refractivity contribution in [2.45, 2.75) is 32.5 Å². The molecule has 0 saturated heterocycles. The van der Waals surface area contributed by atoms with Gasteiger partial charge >= 0.3 is 0 Å². The van der Waals surface area contributed by atoms with Crippen LogP contribution in [0, 0.1) is 20.8 Å². The van der Waals surface area contributed by atoms with Crippen LogP contribution in [0.3, 0.4) is 0 Å². The van der Waals surface area contributed by atoms with E-state index in [1.54, 1.807) is 12.1 Å². The van der Waals surface area contributed by atoms with Gasteiger partial charge in [0.15, 0.2) is 5.82 Å². The van der Waals surface area contributed by atoms with Gasteiger partial charge in [0.05, 0.1) is 16.5 Å². The predicted octanol–water partition coefficient (Wildman–Crippen LogP) is 3.88. The quantitative estimate of drug-likeness (QED) is 0.435. The zero-order valence-corrected chi connectivity index (χ0v) is 18.0. The first-order chi connectivity index (χ1) is 13.8. The third-order valence-electron chi connectivity index (χ3n) is 4.15. The van der Waals surface area contributed by atoms with Crippen molar-refractivity contribution in [3.8, 4) is 5.75 Å². The molecule has 1 heterocycles. The molecule has 3 N–H and O–H groups in total. The maximum atomic E-state index is 12.2. The first-order valence-electron chi connectivity index (χ1n) is 8.91. The van der Waals surface area contributed by atoms with Crippen LogP contribution in [0.1, 0.15) is 22.5 Å². The number of carbonyl (C=O) groups is 1. The third-order valence-corrected chi connectivity index (χ3v) is 5.41. The summed E-state index contributed by atoms with van der Waals surface area (Å²) in [5.41, 5.74) is 3.80. The Morgan fingerprint density at radius 2 is 1.90 bits per heavy atom. The molecule has 0 aliphatic carbocycles. The highest BCUT2D eigenvalue weighted by atomic mass is 35.5. The minimum absolute atomic E-state index is 0.122. The first-order valence-corrected chi connectivity index (χ1v) is 10.3. The molecule has 1 aromatic heterocycles. The highest BCUT2D eigenvalue weighted by Gasteiger charge is 2.14. The average molecular weight is 432 g/mol. The summed E-state index contributed by atoms with van der Waals surface area (Å²) in [6, 6.07) is 11.4. The fourth-order valence-electron chi connectivity index (χ4n) is 2.65. The summed E-state index contributed by atoms with van der Waals surface area (Å²) < 4.78 is 7.13. The molecule has 0 bridgehead atoms. The van der Waals surface area contributed by atoms with E-state index in [2.05, 4.69) is 15.5 Å². The van der Waals surface area contributed by atoms with Crippen LogP contribution in [-0.4, -0.2) is 26.5 Å². The molecule has 0 saturated carbocycles. The van der Waals surface area contributed by atoms with E-state index >= 15 is 0 Å². The van der Waals surface area contributed by atoms with Crippen LogP contribution in [0.5, 0.6) is 5.75 Å². The molecule has 7 nitrogen and oxygen atoms in total. The van der Waals surface area contributed by atoms with Crippen LogP contribution in [0.2, 0.25) is 5.02 Å². The number of benzene rings is 2. The molecular weight excluding hydrogens is 410 g/mol. The molecular formula is C20H22ClN5O2S. The van der Waals surface area contributed by atoms with Gasteiger partial charge in [-0.1, -0.05) is 47.1 Å². The summed E-state index contributed by atoms with van der Waals surface area (Å²) in [4.78, 5) is 12.2. The Bertz CT molecular complexity index is 1040. The fourth-order valence-corrected chi connectivity index (χ4v) is 3.60. The Balaban J connectivity index is 1.55. The van der Waals surface area contributed by atoms with Gasteiger partial charge in [0.2, 0.25) is 11.1 Å². The molecule has 0 atom stereocenters. The lowest BCUT2D eigenvalue weighted by Gasteiger charge is -2.09. The lowest BCUT2D eigenvalue weighted by Crippen LogP contribution is -2.18. The van der Waals surface area contributed by atoms with Crippen molar-refractivity contribution in [1.82, 2.24) is 14.9 Å². The van der Waals surface area contributed by atoms with E-state index in [4.69, 9.17) is 22.2 Å². The molecule has 0 aliphatic rings. The summed E-state index contributed by atoms with van der Waals surface area (Å²) in [5.74, 6) is 7.19. The van der Waals surface area contributed by atoms with E-state index in [0.717, 1.165) is 16.9 Å². The fraction of sp³-hybridized carbons (Fsp3) is 0.250. The lowest BCUT2D eigenvalue weighted by molar-refractivity contribution is -0.113. The molecule has 0 spiro atoms. The zero-order valence-electron chi connectivity index (χ0n) is 16.4. The van der Waals surface area contributed by atoms with E-state index in [9.17, 15) is 4.79 Å². The van der Waals surface area contributed by atoms with Crippen molar-refractivity contribution in [2.24, 2.45) is 0 Å². The van der Waals surface area contributed by atoms with Gasteiger partial charge < -0.3 is 15.9 Å². The topological polar surface area (TPSA) is 95.1 Å². The number of anilines is 1. The smallest absolute Gasteiger partial charge is 0.234 e. The second kappa shape index (κ2) is 9.19. The minimum Gasteiger partial charge on any atom is -0.485 e. The van der Waals surface area contributed by atoms with Crippen LogP contribution >= 0.6 is 23.4 Å². The lowest BCUT2D eigenvalue weighted by atomic mass is 10.1. The number of nitrogen functional groups attached to an aromatic ring is 1. The number of aryl methyl sites for hydroxylation is 3. The number of carbonyl (C=O) groups excluding carboxylic acids is 1. The van der Waals surface area contributed by atoms with Gasteiger partial charge in [-0.2, -0.15) is 0 Å². The molecule has 2 aromatic carbocycles. The van der Waals surface area contributed by atoms with E-state index < -0.39 is 0 Å². The van der Waals surface area contributed by atoms with E-state index in [1.165, 1.54) is 22.0 Å². The molecule has 29 heavy (non-hydrogen) atoms. The minimum atomic E-state index is -0.211. The van der Waals surface area contributed by atoms with E-state index in [-0.39, 0.29) is 18.3 Å². The van der Waals surface area contributed by atoms with Gasteiger partial charge in [0.25, 0.3) is 0 Å². The highest BCUT2D eigenvalue weighted by molar-refractivity contribution is 7.99. The van der Waals surface area contributed by atoms with Gasteiger partial charge in [-0.3, -0.25) is 4.79 Å². The number of rotatable bonds is 7. The van der Waals surface area contributed by atoms with Gasteiger partial charge in [0.1, 0.15) is 12.4 Å². The third kappa shape index (κ3) is 5.42. The van der Waals surface area contributed by atoms with Gasteiger partial charge in [-0.05, 0) is 50.1 Å². The van der Waals surface area contributed by atoms with Crippen molar-refractivity contribution < 1.29 is 9.53 Å². The van der Waals surface area contributed by atoms with Crippen molar-refractivity contribution in [1.29, 1.82) is 0 Å². The van der Waals surface area contributed by atoms with Gasteiger partial charge in [0, 0.05) is 0 Å².